The molecule has 2 fully saturated rings. The number of primary amides is 1. The van der Waals surface area contributed by atoms with Crippen molar-refractivity contribution in [2.75, 3.05) is 19.7 Å². The molecule has 1 spiro atoms. The fraction of sp³-hybridized carbons (Fsp3) is 0.368. The molecule has 8 atom stereocenters. The maximum Gasteiger partial charge on any atom is 1.00 e. The fourth-order valence-electron chi connectivity index (χ4n) is 13.2. The molecule has 0 bridgehead atoms. The van der Waals surface area contributed by atoms with Crippen molar-refractivity contribution in [2.45, 2.75) is 127 Å². The Morgan fingerprint density at radius 3 is 1.85 bits per heavy atom. The number of fused-ring (bicyclic) bond motifs is 7. The van der Waals surface area contributed by atoms with Crippen LogP contribution in [0.4, 0.5) is 0 Å². The molecule has 10 rings (SSSR count). The van der Waals surface area contributed by atoms with Crippen LogP contribution in [0.15, 0.2) is 103 Å². The maximum absolute atomic E-state index is 14.8. The number of hydrogen-bond acceptors (Lipinski definition) is 19. The first kappa shape index (κ1) is 77.3. The number of nitrogens with one attached hydrogen (secondary N) is 6. The van der Waals surface area contributed by atoms with Gasteiger partial charge < -0.3 is 96.1 Å². The topological polar surface area (TPSA) is 459 Å². The molecule has 2 saturated heterocycles. The number of phenols is 2. The van der Waals surface area contributed by atoms with Crippen LogP contribution >= 0.6 is 7.60 Å². The number of aliphatic hydroxyl groups excluding tert-OH is 1. The number of hydrogen-bond donors (Lipinski definition) is 11. The number of carbonyl (C=O) groups is 11. The summed E-state index contributed by atoms with van der Waals surface area (Å²) in [5.74, 6) is -11.7. The molecule has 100 heavy (non-hydrogen) atoms. The minimum atomic E-state index is -5.52. The number of benzene rings is 5. The Morgan fingerprint density at radius 2 is 1.25 bits per heavy atom. The van der Waals surface area contributed by atoms with Gasteiger partial charge in [0.2, 0.25) is 54.5 Å². The van der Waals surface area contributed by atoms with Gasteiger partial charge in [0, 0.05) is 88.5 Å². The maximum atomic E-state index is 14.8. The second-order valence-corrected chi connectivity index (χ2v) is 27.0. The van der Waals surface area contributed by atoms with Crippen LogP contribution in [0.5, 0.6) is 23.0 Å². The molecule has 29 nitrogen and oxygen atoms in total. The van der Waals surface area contributed by atoms with Crippen LogP contribution in [0.2, 0.25) is 0 Å². The number of likely N-dealkylation sites (tertiary alicyclic amines) is 2. The van der Waals surface area contributed by atoms with Crippen molar-refractivity contribution in [3.63, 3.8) is 0 Å². The molecule has 0 aliphatic carbocycles. The zero-order valence-electron chi connectivity index (χ0n) is 55.5. The predicted octanol–water partition coefficient (Wildman–Crippen LogP) is -4.72. The summed E-state index contributed by atoms with van der Waals surface area (Å²) in [6.07, 6.45) is 2.40. The monoisotopic (exact) mass is 1410 g/mol. The first-order chi connectivity index (χ1) is 46.5. The van der Waals surface area contributed by atoms with Gasteiger partial charge in [-0.05, 0) is 97.9 Å². The summed E-state index contributed by atoms with van der Waals surface area (Å²) < 4.78 is 23.8. The molecule has 12 N–H and O–H groups in total. The van der Waals surface area contributed by atoms with Gasteiger partial charge in [0.05, 0.1) is 18.1 Å². The molecule has 32 heteroatoms. The number of aromatic amines is 1. The van der Waals surface area contributed by atoms with E-state index in [9.17, 15) is 87.5 Å². The summed E-state index contributed by atoms with van der Waals surface area (Å²) >= 11 is 0. The van der Waals surface area contributed by atoms with E-state index in [2.05, 4.69) is 31.6 Å². The smallest absolute Gasteiger partial charge is 0.773 e. The van der Waals surface area contributed by atoms with Crippen molar-refractivity contribution in [1.82, 2.24) is 41.4 Å². The van der Waals surface area contributed by atoms with Crippen LogP contribution in [0.25, 0.3) is 10.9 Å². The van der Waals surface area contributed by atoms with Crippen LogP contribution < -0.4 is 106 Å². The summed E-state index contributed by atoms with van der Waals surface area (Å²) in [4.78, 5) is 181. The number of nitrogens with zero attached hydrogens (tertiary/aromatic N) is 2. The quantitative estimate of drug-likeness (QED) is 0.0146. The third-order valence-electron chi connectivity index (χ3n) is 17.8. The van der Waals surface area contributed by atoms with Crippen molar-refractivity contribution < 1.29 is 156 Å². The molecule has 1 aromatic heterocycles. The van der Waals surface area contributed by atoms with E-state index in [0.717, 1.165) is 34.7 Å². The minimum Gasteiger partial charge on any atom is -0.773 e. The van der Waals surface area contributed by atoms with Gasteiger partial charge in [-0.15, -0.1) is 0 Å². The molecule has 5 aromatic carbocycles. The van der Waals surface area contributed by atoms with Crippen molar-refractivity contribution in [3.8, 4) is 23.0 Å². The molecule has 0 radical (unpaired) electrons. The Morgan fingerprint density at radius 1 is 0.690 bits per heavy atom. The third-order valence-corrected chi connectivity index (χ3v) is 18.6. The zero-order valence-corrected chi connectivity index (χ0v) is 60.4. The van der Waals surface area contributed by atoms with Crippen LogP contribution in [-0.2, 0) is 61.3 Å². The number of aliphatic hydroxyl groups is 1. The molecule has 4 aliphatic rings. The van der Waals surface area contributed by atoms with Gasteiger partial charge in [-0.25, -0.2) is 4.79 Å². The molecule has 5 heterocycles. The zero-order chi connectivity index (χ0) is 70.8. The summed E-state index contributed by atoms with van der Waals surface area (Å²) in [6, 6.07) is 11.9. The second-order valence-electron chi connectivity index (χ2n) is 25.5. The summed E-state index contributed by atoms with van der Waals surface area (Å²) in [6.45, 7) is 6.13. The van der Waals surface area contributed by atoms with Crippen LogP contribution in [0, 0.1) is 11.8 Å². The number of esters is 1. The van der Waals surface area contributed by atoms with Gasteiger partial charge in [0.1, 0.15) is 65.3 Å². The van der Waals surface area contributed by atoms with E-state index in [-0.39, 0.29) is 155 Å². The first-order valence-electron chi connectivity index (χ1n) is 31.7. The van der Waals surface area contributed by atoms with Crippen LogP contribution in [0.1, 0.15) is 135 Å². The van der Waals surface area contributed by atoms with Crippen molar-refractivity contribution >= 4 is 83.2 Å². The number of carboxylic acids is 1. The largest absolute Gasteiger partial charge is 1.00 e. The second kappa shape index (κ2) is 32.0. The number of amides is 8. The van der Waals surface area contributed by atoms with Crippen LogP contribution in [0.3, 0.4) is 0 Å². The van der Waals surface area contributed by atoms with Gasteiger partial charge in [-0.3, -0.25) is 43.2 Å². The molecule has 6 aromatic rings. The van der Waals surface area contributed by atoms with E-state index in [4.69, 9.17) is 15.2 Å². The van der Waals surface area contributed by atoms with Gasteiger partial charge >= 0.3 is 65.1 Å². The van der Waals surface area contributed by atoms with E-state index in [0.29, 0.717) is 12.8 Å². The third kappa shape index (κ3) is 16.3. The van der Waals surface area contributed by atoms with E-state index in [1.807, 2.05) is 24.3 Å². The first-order valence-corrected chi connectivity index (χ1v) is 33.3. The van der Waals surface area contributed by atoms with Gasteiger partial charge in [-0.2, -0.15) is 0 Å². The van der Waals surface area contributed by atoms with E-state index in [1.54, 1.807) is 33.9 Å². The number of nitrogens with two attached hydrogens (primary N) is 1. The molecule has 4 aliphatic heterocycles. The number of rotatable bonds is 25. The predicted molar refractivity (Wildman–Crippen MR) is 342 cm³/mol. The normalized spacial score (nSPS) is 17.6. The molecule has 516 valence electrons. The van der Waals surface area contributed by atoms with Gasteiger partial charge in [-0.1, -0.05) is 76.2 Å². The number of ether oxygens (including phenoxy) is 2. The van der Waals surface area contributed by atoms with Gasteiger partial charge in [0.15, 0.2) is 5.60 Å². The molecule has 8 amide bonds. The standard InChI is InChI=1S/C68H74N9O20P.2Na/c1-33(2)25-47(59(83)75-50(32-78)61(85)74-49(26-34(3)4)63(87)77-24-8-12-52(77)64(88)76-23-7-11-51(76)62(86)71-46(57(69)81)28-37-31-70-45-10-6-5-9-40(37)45)73-60(84)48(27-35-13-15-36(16-14-35)67(92)98(93,94)95)72-58(82)41-19-22-44-56(55(41)65(89)90)66(91)97-68(44)42-20-17-38(79)29-53(42)96-54-30-39(80)18-21-43(54)68;;/h5-6,9-10,13-22,29-31,33-34,46-52,70,78-80H,7-8,11-12,23-28,32H2,1-4H3,(H2,69,81)(H,71,86)(H,72,82)(H,73,84)(H,74,85)(H,75,83)(H,89,90)(H2,93,94,95);;/q;2*+1/p-2/t46-,47-,48-,49-,50-,51-,52-;;/m0../s1. The number of para-hydroxylation sites is 1. The van der Waals surface area contributed by atoms with Crippen LogP contribution in [-0.4, -0.2) is 162 Å². The van der Waals surface area contributed by atoms with Crippen molar-refractivity contribution in [2.24, 2.45) is 17.6 Å². The Balaban J connectivity index is 0.00000636. The molecular weight excluding hydrogens is 1340 g/mol. The fourth-order valence-corrected chi connectivity index (χ4v) is 13.7. The average molecular weight is 1410 g/mol. The summed E-state index contributed by atoms with van der Waals surface area (Å²) in [5, 5.41) is 58.5. The number of carbonyl (C=O) groups excluding carboxylic acids is 11. The average Bonchev–Trinajstić information content (AvgIpc) is 1.46. The van der Waals surface area contributed by atoms with Crippen molar-refractivity contribution in [3.05, 3.63) is 153 Å². The number of carboxylic acid groups (broad SMARTS) is 1. The summed E-state index contributed by atoms with van der Waals surface area (Å²) in [5.41, 5.74) is 1.03. The van der Waals surface area contributed by atoms with E-state index < -0.39 is 161 Å². The SMILES string of the molecule is CC(C)C[C@H](NC(=O)[C@H](Cc1ccc(C(=O)P(=O)([O-])O)cc1)NC(=O)c1ccc2c(c1C(=O)[O-])C(=O)OC21c2ccc(O)cc2Oc2cc(O)ccc21)C(=O)N[C@@H](CO)C(=O)N[C@@H](CC(C)C)C(=O)N1CCC[C@H]1C(=O)N1CCC[C@H]1C(=O)N[C@@H](Cc1c[nH]c2ccccc12)C(N)=O.[Na+].[Na+]. The number of phenolic OH excluding ortho intramolecular Hbond substituents is 2. The number of aromatic carboxylic acids is 1. The Labute approximate surface area is 616 Å². The van der Waals surface area contributed by atoms with E-state index >= 15 is 0 Å². The summed E-state index contributed by atoms with van der Waals surface area (Å²) in [7, 11) is -5.52. The number of H-pyrrole nitrogens is 1. The Bertz CT molecular complexity index is 4220. The minimum absolute atomic E-state index is 0. The molecule has 1 unspecified atom stereocenters. The number of aromatic nitrogens is 1. The van der Waals surface area contributed by atoms with Gasteiger partial charge in [0.25, 0.3) is 5.91 Å². The molecule has 0 saturated carbocycles. The number of aromatic hydroxyl groups is 2. The Kier molecular flexibility index (Phi) is 24.7. The Hall–Kier alpha value is -8.48. The van der Waals surface area contributed by atoms with E-state index in [1.165, 1.54) is 64.4 Å². The van der Waals surface area contributed by atoms with Crippen molar-refractivity contribution in [1.29, 1.82) is 0 Å². The molecular formula is C68H72N9Na2O20P.